The quantitative estimate of drug-likeness (QED) is 0.773. The summed E-state index contributed by atoms with van der Waals surface area (Å²) in [5.41, 5.74) is 5.44. The highest BCUT2D eigenvalue weighted by Crippen LogP contribution is 2.28. The zero-order valence-electron chi connectivity index (χ0n) is 9.90. The van der Waals surface area contributed by atoms with Gasteiger partial charge in [0, 0.05) is 12.1 Å². The van der Waals surface area contributed by atoms with Gasteiger partial charge in [-0.05, 0) is 31.7 Å². The summed E-state index contributed by atoms with van der Waals surface area (Å²) in [4.78, 5) is 9.26. The van der Waals surface area contributed by atoms with Gasteiger partial charge in [-0.25, -0.2) is 4.98 Å². The summed E-state index contributed by atoms with van der Waals surface area (Å²) in [6.45, 7) is 4.16. The van der Waals surface area contributed by atoms with Crippen LogP contribution in [0.2, 0.25) is 0 Å². The number of nitrogens with two attached hydrogens (primary N) is 1. The molecule has 0 aliphatic carbocycles. The molecule has 0 unspecified atom stereocenters. The fourth-order valence-electron chi connectivity index (χ4n) is 1.63. The van der Waals surface area contributed by atoms with E-state index in [4.69, 9.17) is 10.8 Å². The Hall–Kier alpha value is -1.40. The molecular weight excluding hydrogens is 236 g/mol. The molecule has 0 fully saturated rings. The molecule has 0 aromatic carbocycles. The lowest BCUT2D eigenvalue weighted by atomic mass is 10.0. The molecule has 0 amide bonds. The number of hydrogen-bond donors (Lipinski definition) is 3. The highest BCUT2D eigenvalue weighted by Gasteiger charge is 2.19. The topological polar surface area (TPSA) is 84.1 Å². The van der Waals surface area contributed by atoms with E-state index in [1.54, 1.807) is 0 Å². The molecular formula is C11H16N4OS. The average Bonchev–Trinajstić information content (AvgIpc) is 2.64. The lowest BCUT2D eigenvalue weighted by molar-refractivity contribution is 0.260. The van der Waals surface area contributed by atoms with E-state index in [1.807, 2.05) is 25.3 Å². The van der Waals surface area contributed by atoms with Gasteiger partial charge in [0.15, 0.2) is 0 Å². The number of rotatable bonds is 4. The van der Waals surface area contributed by atoms with E-state index in [2.05, 4.69) is 15.3 Å². The maximum Gasteiger partial charge on any atom is 0.223 e. The number of aliphatic hydroxyl groups is 1. The van der Waals surface area contributed by atoms with Crippen LogP contribution in [0.1, 0.15) is 20.3 Å². The maximum absolute atomic E-state index is 9.01. The predicted molar refractivity (Wildman–Crippen MR) is 71.2 cm³/mol. The highest BCUT2D eigenvalue weighted by atomic mass is 32.1. The van der Waals surface area contributed by atoms with Crippen LogP contribution in [0.25, 0.3) is 10.2 Å². The van der Waals surface area contributed by atoms with E-state index in [-0.39, 0.29) is 18.1 Å². The second-order valence-corrected chi connectivity index (χ2v) is 5.45. The van der Waals surface area contributed by atoms with Gasteiger partial charge in [-0.3, -0.25) is 0 Å². The van der Waals surface area contributed by atoms with E-state index in [0.717, 1.165) is 16.0 Å². The minimum absolute atomic E-state index is 0.132. The molecule has 4 N–H and O–H groups in total. The number of nitrogens with zero attached hydrogens (tertiary/aromatic N) is 2. The van der Waals surface area contributed by atoms with Gasteiger partial charge >= 0.3 is 0 Å². The molecule has 0 atom stereocenters. The molecule has 0 spiro atoms. The van der Waals surface area contributed by atoms with Gasteiger partial charge in [0.1, 0.15) is 10.6 Å². The highest BCUT2D eigenvalue weighted by molar-refractivity contribution is 7.16. The van der Waals surface area contributed by atoms with E-state index in [0.29, 0.717) is 6.42 Å². The summed E-state index contributed by atoms with van der Waals surface area (Å²) < 4.78 is 0. The summed E-state index contributed by atoms with van der Waals surface area (Å²) in [6.07, 6.45) is 0.641. The molecule has 17 heavy (non-hydrogen) atoms. The first-order valence-electron chi connectivity index (χ1n) is 5.41. The minimum Gasteiger partial charge on any atom is -0.396 e. The molecule has 0 saturated carbocycles. The van der Waals surface area contributed by atoms with Crippen LogP contribution in [0.3, 0.4) is 0 Å². The molecule has 0 aliphatic heterocycles. The van der Waals surface area contributed by atoms with Gasteiger partial charge in [0.25, 0.3) is 0 Å². The molecule has 0 saturated heterocycles. The molecule has 0 aliphatic rings. The van der Waals surface area contributed by atoms with Crippen molar-refractivity contribution >= 4 is 33.3 Å². The SMILES string of the molecule is CC(C)(CCO)Nc1nc(N)nc2sccc12. The summed E-state index contributed by atoms with van der Waals surface area (Å²) >= 11 is 1.53. The molecule has 2 rings (SSSR count). The molecule has 0 radical (unpaired) electrons. The largest absolute Gasteiger partial charge is 0.396 e. The number of aromatic nitrogens is 2. The van der Waals surface area contributed by atoms with Crippen molar-refractivity contribution in [1.82, 2.24) is 9.97 Å². The maximum atomic E-state index is 9.01. The van der Waals surface area contributed by atoms with Gasteiger partial charge in [-0.2, -0.15) is 4.98 Å². The second-order valence-electron chi connectivity index (χ2n) is 4.55. The normalized spacial score (nSPS) is 11.9. The number of nitrogen functional groups attached to an aromatic ring is 1. The molecule has 6 heteroatoms. The Morgan fingerprint density at radius 3 is 2.94 bits per heavy atom. The van der Waals surface area contributed by atoms with Crippen LogP contribution in [0, 0.1) is 0 Å². The van der Waals surface area contributed by atoms with Crippen LogP contribution in [0.15, 0.2) is 11.4 Å². The summed E-state index contributed by atoms with van der Waals surface area (Å²) in [5, 5.41) is 15.2. The van der Waals surface area contributed by atoms with Crippen molar-refractivity contribution in [2.45, 2.75) is 25.8 Å². The van der Waals surface area contributed by atoms with Crippen LogP contribution < -0.4 is 11.1 Å². The Balaban J connectivity index is 2.37. The Labute approximate surface area is 104 Å². The van der Waals surface area contributed by atoms with Gasteiger partial charge < -0.3 is 16.2 Å². The number of thiophene rings is 1. The number of aliphatic hydroxyl groups excluding tert-OH is 1. The number of nitrogens with one attached hydrogen (secondary N) is 1. The van der Waals surface area contributed by atoms with Crippen LogP contribution in [-0.4, -0.2) is 27.2 Å². The average molecular weight is 252 g/mol. The Morgan fingerprint density at radius 1 is 1.47 bits per heavy atom. The summed E-state index contributed by atoms with van der Waals surface area (Å²) in [5.74, 6) is 0.995. The third-order valence-corrected chi connectivity index (χ3v) is 3.34. The van der Waals surface area contributed by atoms with Gasteiger partial charge in [-0.1, -0.05) is 0 Å². The lowest BCUT2D eigenvalue weighted by Gasteiger charge is -2.26. The standard InChI is InChI=1S/C11H16N4OS/c1-11(2,4-5-16)15-8-7-3-6-17-9(7)14-10(12)13-8/h3,6,16H,4-5H2,1-2H3,(H3,12,13,14,15). The third-order valence-electron chi connectivity index (χ3n) is 2.54. The van der Waals surface area contributed by atoms with Gasteiger partial charge in [0.05, 0.1) is 5.39 Å². The molecule has 2 aromatic rings. The van der Waals surface area contributed by atoms with Crippen molar-refractivity contribution in [2.75, 3.05) is 17.7 Å². The Morgan fingerprint density at radius 2 is 2.24 bits per heavy atom. The van der Waals surface area contributed by atoms with Gasteiger partial charge in [0.2, 0.25) is 5.95 Å². The van der Waals surface area contributed by atoms with Crippen LogP contribution >= 0.6 is 11.3 Å². The first-order valence-corrected chi connectivity index (χ1v) is 6.29. The van der Waals surface area contributed by atoms with E-state index in [1.165, 1.54) is 11.3 Å². The Bertz CT molecular complexity index is 523. The monoisotopic (exact) mass is 252 g/mol. The summed E-state index contributed by atoms with van der Waals surface area (Å²) in [7, 11) is 0. The molecule has 2 heterocycles. The smallest absolute Gasteiger partial charge is 0.223 e. The molecule has 5 nitrogen and oxygen atoms in total. The van der Waals surface area contributed by atoms with Crippen molar-refractivity contribution < 1.29 is 5.11 Å². The first-order chi connectivity index (χ1) is 8.02. The van der Waals surface area contributed by atoms with E-state index in [9.17, 15) is 0 Å². The summed E-state index contributed by atoms with van der Waals surface area (Å²) in [6, 6.07) is 1.97. The van der Waals surface area contributed by atoms with Crippen LogP contribution in [0.4, 0.5) is 11.8 Å². The van der Waals surface area contributed by atoms with E-state index >= 15 is 0 Å². The molecule has 0 bridgehead atoms. The minimum atomic E-state index is -0.232. The van der Waals surface area contributed by atoms with Crippen molar-refractivity contribution in [1.29, 1.82) is 0 Å². The lowest BCUT2D eigenvalue weighted by Crippen LogP contribution is -2.32. The predicted octanol–water partition coefficient (Wildman–Crippen LogP) is 1.85. The third kappa shape index (κ3) is 2.65. The number of fused-ring (bicyclic) bond motifs is 1. The zero-order valence-corrected chi connectivity index (χ0v) is 10.7. The molecule has 92 valence electrons. The zero-order chi connectivity index (χ0) is 12.5. The van der Waals surface area contributed by atoms with Gasteiger partial charge in [-0.15, -0.1) is 11.3 Å². The number of hydrogen-bond acceptors (Lipinski definition) is 6. The van der Waals surface area contributed by atoms with Crippen molar-refractivity contribution in [3.63, 3.8) is 0 Å². The number of anilines is 2. The Kier molecular flexibility index (Phi) is 3.17. The fourth-order valence-corrected chi connectivity index (χ4v) is 2.40. The van der Waals surface area contributed by atoms with Crippen molar-refractivity contribution in [3.05, 3.63) is 11.4 Å². The van der Waals surface area contributed by atoms with Crippen LogP contribution in [0.5, 0.6) is 0 Å². The fraction of sp³-hybridized carbons (Fsp3) is 0.455. The first kappa shape index (κ1) is 12.1. The van der Waals surface area contributed by atoms with Crippen molar-refractivity contribution in [3.8, 4) is 0 Å². The second kappa shape index (κ2) is 4.46. The van der Waals surface area contributed by atoms with E-state index < -0.39 is 0 Å². The molecule has 2 aromatic heterocycles. The van der Waals surface area contributed by atoms with Crippen LogP contribution in [-0.2, 0) is 0 Å². The van der Waals surface area contributed by atoms with Crippen molar-refractivity contribution in [2.24, 2.45) is 0 Å².